The molecular formula is C17H22N6OS. The van der Waals surface area contributed by atoms with Gasteiger partial charge in [-0.2, -0.15) is 10.2 Å². The number of hydrogen-bond donors (Lipinski definition) is 1. The van der Waals surface area contributed by atoms with E-state index in [-0.39, 0.29) is 0 Å². The van der Waals surface area contributed by atoms with Crippen molar-refractivity contribution in [3.63, 3.8) is 0 Å². The minimum Gasteiger partial charge on any atom is -0.270 e. The number of benzene rings is 1. The number of aromatic nitrogens is 2. The summed E-state index contributed by atoms with van der Waals surface area (Å²) >= 11 is 0. The lowest BCUT2D eigenvalue weighted by atomic mass is 10.1. The molecule has 7 nitrogen and oxygen atoms in total. The molecule has 25 heavy (non-hydrogen) atoms. The van der Waals surface area contributed by atoms with Crippen molar-refractivity contribution in [2.45, 2.75) is 25.2 Å². The molecule has 1 aromatic heterocycles. The zero-order valence-electron chi connectivity index (χ0n) is 14.4. The summed E-state index contributed by atoms with van der Waals surface area (Å²) in [6.45, 7) is 5.43. The summed E-state index contributed by atoms with van der Waals surface area (Å²) in [5, 5.41) is 10.3. The van der Waals surface area contributed by atoms with Crippen LogP contribution in [0.5, 0.6) is 0 Å². The molecule has 0 amide bonds. The Labute approximate surface area is 150 Å². The average molecular weight is 358 g/mol. The van der Waals surface area contributed by atoms with Crippen molar-refractivity contribution in [1.29, 1.82) is 0 Å². The molecule has 1 N–H and O–H groups in total. The first-order chi connectivity index (χ1) is 12.2. The van der Waals surface area contributed by atoms with Gasteiger partial charge in [-0.3, -0.25) is 9.71 Å². The molecular weight excluding hydrogens is 336 g/mol. The van der Waals surface area contributed by atoms with Crippen molar-refractivity contribution in [1.82, 2.24) is 19.5 Å². The topological polar surface area (TPSA) is 74.9 Å². The maximum Gasteiger partial charge on any atom is 0.227 e. The van der Waals surface area contributed by atoms with E-state index >= 15 is 0 Å². The molecule has 2 unspecified atom stereocenters. The Kier molecular flexibility index (Phi) is 5.60. The molecule has 132 valence electrons. The van der Waals surface area contributed by atoms with E-state index in [2.05, 4.69) is 26.8 Å². The predicted molar refractivity (Wildman–Crippen MR) is 100 cm³/mol. The van der Waals surface area contributed by atoms with Crippen LogP contribution in [0.25, 0.3) is 5.69 Å². The number of rotatable bonds is 5. The van der Waals surface area contributed by atoms with Gasteiger partial charge in [0.25, 0.3) is 0 Å². The van der Waals surface area contributed by atoms with Crippen LogP contribution < -0.4 is 4.72 Å². The number of aliphatic imine (C=N–C) groups is 1. The summed E-state index contributed by atoms with van der Waals surface area (Å²) in [4.78, 5) is 5.08. The van der Waals surface area contributed by atoms with Crippen LogP contribution in [0.2, 0.25) is 0 Å². The van der Waals surface area contributed by atoms with Gasteiger partial charge in [-0.1, -0.05) is 6.92 Å². The van der Waals surface area contributed by atoms with Gasteiger partial charge in [0, 0.05) is 31.1 Å². The lowest BCUT2D eigenvalue weighted by Crippen LogP contribution is -2.39. The number of nitrogens with one attached hydrogen (secondary N) is 1. The summed E-state index contributed by atoms with van der Waals surface area (Å²) in [7, 11) is -1.41. The monoisotopic (exact) mass is 358 g/mol. The van der Waals surface area contributed by atoms with Crippen molar-refractivity contribution in [3.05, 3.63) is 42.7 Å². The van der Waals surface area contributed by atoms with E-state index in [1.807, 2.05) is 49.7 Å². The first-order valence-electron chi connectivity index (χ1n) is 8.35. The van der Waals surface area contributed by atoms with Crippen LogP contribution in [0.15, 0.2) is 57.7 Å². The molecule has 0 bridgehead atoms. The molecule has 1 aliphatic rings. The Morgan fingerprint density at radius 3 is 2.76 bits per heavy atom. The van der Waals surface area contributed by atoms with E-state index in [9.17, 15) is 4.21 Å². The Morgan fingerprint density at radius 2 is 2.16 bits per heavy atom. The number of hydrazone groups is 1. The fourth-order valence-corrected chi connectivity index (χ4v) is 3.31. The fraction of sp³-hybridized carbons (Fsp3) is 0.353. The Balaban J connectivity index is 1.69. The van der Waals surface area contributed by atoms with Crippen LogP contribution in [0.4, 0.5) is 0 Å². The molecule has 3 rings (SSSR count). The second-order valence-electron chi connectivity index (χ2n) is 5.63. The van der Waals surface area contributed by atoms with Gasteiger partial charge in [0.1, 0.15) is 0 Å². The van der Waals surface area contributed by atoms with Gasteiger partial charge in [-0.05, 0) is 43.7 Å². The van der Waals surface area contributed by atoms with Gasteiger partial charge < -0.3 is 0 Å². The van der Waals surface area contributed by atoms with Gasteiger partial charge in [-0.25, -0.2) is 13.9 Å². The van der Waals surface area contributed by atoms with Crippen LogP contribution in [-0.2, 0) is 11.0 Å². The normalized spacial score (nSPS) is 18.6. The van der Waals surface area contributed by atoms with Crippen molar-refractivity contribution >= 4 is 23.2 Å². The van der Waals surface area contributed by atoms with E-state index in [0.717, 1.165) is 18.7 Å². The molecule has 2 heterocycles. The van der Waals surface area contributed by atoms with E-state index in [0.29, 0.717) is 23.3 Å². The van der Waals surface area contributed by atoms with Crippen LogP contribution in [0.1, 0.15) is 20.3 Å². The zero-order chi connectivity index (χ0) is 17.6. The highest BCUT2D eigenvalue weighted by Crippen LogP contribution is 2.14. The summed E-state index contributed by atoms with van der Waals surface area (Å²) in [5.74, 6) is 0.954. The molecule has 0 aliphatic carbocycles. The summed E-state index contributed by atoms with van der Waals surface area (Å²) in [6, 6.07) is 9.29. The highest BCUT2D eigenvalue weighted by Gasteiger charge is 2.21. The van der Waals surface area contributed by atoms with Gasteiger partial charge in [0.2, 0.25) is 5.96 Å². The molecule has 1 aliphatic heterocycles. The Hall–Kier alpha value is -2.48. The molecule has 0 saturated carbocycles. The molecule has 0 saturated heterocycles. The molecule has 0 fully saturated rings. The van der Waals surface area contributed by atoms with Crippen LogP contribution in [-0.4, -0.2) is 44.3 Å². The minimum absolute atomic E-state index is 0.408. The maximum atomic E-state index is 12.7. The molecule has 8 heteroatoms. The quantitative estimate of drug-likeness (QED) is 0.658. The standard InChI is InChI=1S/C17H22N6OS/c1-3-14-12-20-23(13-14)17(18-4-2)21-25(24)16-8-6-15(7-9-16)22-11-5-10-19-22/h5-12,14H,3-4,13H2,1-2H3,(H,18,21). The minimum atomic E-state index is -1.41. The number of nitrogens with zero attached hydrogens (tertiary/aromatic N) is 5. The third-order valence-electron chi connectivity index (χ3n) is 3.90. The highest BCUT2D eigenvalue weighted by atomic mass is 32.2. The van der Waals surface area contributed by atoms with Crippen LogP contribution in [0.3, 0.4) is 0 Å². The smallest absolute Gasteiger partial charge is 0.227 e. The van der Waals surface area contributed by atoms with Crippen molar-refractivity contribution in [2.24, 2.45) is 16.0 Å². The van der Waals surface area contributed by atoms with Gasteiger partial charge in [0.05, 0.1) is 17.1 Å². The van der Waals surface area contributed by atoms with Crippen LogP contribution >= 0.6 is 0 Å². The van der Waals surface area contributed by atoms with Crippen molar-refractivity contribution < 1.29 is 4.21 Å². The van der Waals surface area contributed by atoms with Crippen molar-refractivity contribution in [2.75, 3.05) is 13.1 Å². The van der Waals surface area contributed by atoms with E-state index in [1.165, 1.54) is 0 Å². The third kappa shape index (κ3) is 4.14. The second-order valence-corrected chi connectivity index (χ2v) is 6.84. The molecule has 0 spiro atoms. The highest BCUT2D eigenvalue weighted by molar-refractivity contribution is 7.83. The lowest BCUT2D eigenvalue weighted by Gasteiger charge is -2.18. The average Bonchev–Trinajstić information content (AvgIpc) is 3.33. The van der Waals surface area contributed by atoms with Gasteiger partial charge in [0.15, 0.2) is 11.0 Å². The van der Waals surface area contributed by atoms with Crippen molar-refractivity contribution in [3.8, 4) is 5.69 Å². The van der Waals surface area contributed by atoms with E-state index in [4.69, 9.17) is 0 Å². The fourth-order valence-electron chi connectivity index (χ4n) is 2.47. The zero-order valence-corrected chi connectivity index (χ0v) is 15.2. The summed E-state index contributed by atoms with van der Waals surface area (Å²) in [5.41, 5.74) is 0.920. The molecule has 0 radical (unpaired) electrons. The largest absolute Gasteiger partial charge is 0.270 e. The number of guanidine groups is 1. The Morgan fingerprint density at radius 1 is 1.36 bits per heavy atom. The van der Waals surface area contributed by atoms with Gasteiger partial charge >= 0.3 is 0 Å². The lowest BCUT2D eigenvalue weighted by molar-refractivity contribution is 0.431. The molecule has 2 atom stereocenters. The first-order valence-corrected chi connectivity index (χ1v) is 9.50. The third-order valence-corrected chi connectivity index (χ3v) is 4.97. The summed E-state index contributed by atoms with van der Waals surface area (Å²) < 4.78 is 17.4. The van der Waals surface area contributed by atoms with E-state index < -0.39 is 11.0 Å². The van der Waals surface area contributed by atoms with E-state index in [1.54, 1.807) is 15.9 Å². The molecule has 1 aromatic carbocycles. The SMILES string of the molecule is CCN=C(NS(=O)c1ccc(-n2cccn2)cc1)N1CC(CC)C=N1. The first kappa shape index (κ1) is 17.3. The Bertz CT molecular complexity index is 769. The second kappa shape index (κ2) is 8.06. The molecule has 2 aromatic rings. The van der Waals surface area contributed by atoms with Gasteiger partial charge in [-0.15, -0.1) is 0 Å². The van der Waals surface area contributed by atoms with Crippen LogP contribution in [0, 0.1) is 5.92 Å². The summed E-state index contributed by atoms with van der Waals surface area (Å²) in [6.07, 6.45) is 6.54. The predicted octanol–water partition coefficient (Wildman–Crippen LogP) is 2.19. The maximum absolute atomic E-state index is 12.7. The number of hydrogen-bond acceptors (Lipinski definition) is 4.